The van der Waals surface area contributed by atoms with Gasteiger partial charge >= 0.3 is 0 Å². The molecule has 1 fully saturated rings. The van der Waals surface area contributed by atoms with Gasteiger partial charge in [0, 0.05) is 19.2 Å². The molecule has 1 N–H and O–H groups in total. The molecule has 0 saturated carbocycles. The summed E-state index contributed by atoms with van der Waals surface area (Å²) in [6.07, 6.45) is 1.70. The van der Waals surface area contributed by atoms with E-state index in [0.717, 1.165) is 25.0 Å². The summed E-state index contributed by atoms with van der Waals surface area (Å²) in [4.78, 5) is -0.0243. The van der Waals surface area contributed by atoms with Crippen LogP contribution in [0.15, 0.2) is 23.1 Å². The van der Waals surface area contributed by atoms with Crippen LogP contribution in [0.25, 0.3) is 0 Å². The van der Waals surface area contributed by atoms with Crippen molar-refractivity contribution in [2.45, 2.75) is 23.8 Å². The Balaban J connectivity index is 2.10. The molecule has 2 rings (SSSR count). The number of benzene rings is 1. The van der Waals surface area contributed by atoms with Crippen molar-refractivity contribution in [3.05, 3.63) is 24.0 Å². The number of sulfonamides is 1. The maximum absolute atomic E-state index is 13.2. The number of nitrogens with one attached hydrogen (secondary N) is 1. The molecule has 0 amide bonds. The fourth-order valence-corrected chi connectivity index (χ4v) is 2.98. The number of rotatable bonds is 5. The average Bonchev–Trinajstić information content (AvgIpc) is 2.90. The first-order chi connectivity index (χ1) is 9.03. The molecule has 1 saturated heterocycles. The molecule has 1 heterocycles. The van der Waals surface area contributed by atoms with Crippen LogP contribution in [-0.4, -0.2) is 34.8 Å². The first-order valence-electron chi connectivity index (χ1n) is 5.98. The second-order valence-corrected chi connectivity index (χ2v) is 6.05. The number of methoxy groups -OCH3 is 1. The molecular formula is C12H16FNO4S. The standard InChI is InChI=1S/C12H16FNO4S/c1-17-12-7-10(4-5-11(12)13)19(15,16)14-8-9-3-2-6-18-9/h4-5,7,9,14H,2-3,6,8H2,1H3/t9-/m1/s1. The topological polar surface area (TPSA) is 64.6 Å². The monoisotopic (exact) mass is 289 g/mol. The Kier molecular flexibility index (Phi) is 4.38. The third-order valence-corrected chi connectivity index (χ3v) is 4.38. The van der Waals surface area contributed by atoms with E-state index in [4.69, 9.17) is 9.47 Å². The Morgan fingerprint density at radius 1 is 1.53 bits per heavy atom. The Hall–Kier alpha value is -1.18. The Morgan fingerprint density at radius 2 is 2.32 bits per heavy atom. The van der Waals surface area contributed by atoms with Crippen LogP contribution in [0, 0.1) is 5.82 Å². The lowest BCUT2D eigenvalue weighted by Gasteiger charge is -2.12. The van der Waals surface area contributed by atoms with E-state index in [2.05, 4.69) is 4.72 Å². The molecule has 0 radical (unpaired) electrons. The van der Waals surface area contributed by atoms with Crippen LogP contribution in [0.4, 0.5) is 4.39 Å². The van der Waals surface area contributed by atoms with E-state index in [-0.39, 0.29) is 23.3 Å². The summed E-state index contributed by atoms with van der Waals surface area (Å²) in [5.41, 5.74) is 0. The lowest BCUT2D eigenvalue weighted by atomic mass is 10.2. The van der Waals surface area contributed by atoms with Crippen molar-refractivity contribution < 1.29 is 22.3 Å². The minimum absolute atomic E-state index is 0.0243. The summed E-state index contributed by atoms with van der Waals surface area (Å²) in [5.74, 6) is -0.694. The molecule has 7 heteroatoms. The van der Waals surface area contributed by atoms with Crippen LogP contribution < -0.4 is 9.46 Å². The van der Waals surface area contributed by atoms with E-state index in [9.17, 15) is 12.8 Å². The Morgan fingerprint density at radius 3 is 2.95 bits per heavy atom. The highest BCUT2D eigenvalue weighted by molar-refractivity contribution is 7.89. The number of ether oxygens (including phenoxy) is 2. The molecule has 1 aromatic rings. The van der Waals surface area contributed by atoms with Gasteiger partial charge in [0.1, 0.15) is 0 Å². The zero-order valence-electron chi connectivity index (χ0n) is 10.6. The Bertz CT molecular complexity index is 541. The van der Waals surface area contributed by atoms with E-state index < -0.39 is 15.8 Å². The minimum atomic E-state index is -3.67. The first-order valence-corrected chi connectivity index (χ1v) is 7.46. The average molecular weight is 289 g/mol. The van der Waals surface area contributed by atoms with E-state index in [1.165, 1.54) is 13.2 Å². The predicted octanol–water partition coefficient (Wildman–Crippen LogP) is 1.29. The van der Waals surface area contributed by atoms with E-state index in [1.54, 1.807) is 0 Å². The van der Waals surface area contributed by atoms with Crippen molar-refractivity contribution in [2.75, 3.05) is 20.3 Å². The molecule has 5 nitrogen and oxygen atoms in total. The van der Waals surface area contributed by atoms with Gasteiger partial charge in [-0.15, -0.1) is 0 Å². The molecule has 106 valence electrons. The quantitative estimate of drug-likeness (QED) is 0.887. The second kappa shape index (κ2) is 5.85. The number of hydrogen-bond acceptors (Lipinski definition) is 4. The van der Waals surface area contributed by atoms with Gasteiger partial charge in [0.25, 0.3) is 0 Å². The van der Waals surface area contributed by atoms with Crippen LogP contribution in [-0.2, 0) is 14.8 Å². The predicted molar refractivity (Wildman–Crippen MR) is 67.1 cm³/mol. The summed E-state index contributed by atoms with van der Waals surface area (Å²) >= 11 is 0. The van der Waals surface area contributed by atoms with Crippen molar-refractivity contribution in [1.82, 2.24) is 4.72 Å². The molecular weight excluding hydrogens is 273 g/mol. The third-order valence-electron chi connectivity index (χ3n) is 2.96. The van der Waals surface area contributed by atoms with E-state index in [1.807, 2.05) is 0 Å². The summed E-state index contributed by atoms with van der Waals surface area (Å²) in [7, 11) is -2.39. The lowest BCUT2D eigenvalue weighted by molar-refractivity contribution is 0.114. The van der Waals surface area contributed by atoms with Crippen molar-refractivity contribution in [1.29, 1.82) is 0 Å². The molecule has 1 atom stereocenters. The van der Waals surface area contributed by atoms with Gasteiger partial charge in [0.05, 0.1) is 18.1 Å². The van der Waals surface area contributed by atoms with Crippen molar-refractivity contribution in [2.24, 2.45) is 0 Å². The molecule has 19 heavy (non-hydrogen) atoms. The number of hydrogen-bond donors (Lipinski definition) is 1. The van der Waals surface area contributed by atoms with Crippen molar-refractivity contribution in [3.63, 3.8) is 0 Å². The molecule has 1 aliphatic rings. The Labute approximate surface area is 111 Å². The lowest BCUT2D eigenvalue weighted by Crippen LogP contribution is -2.31. The van der Waals surface area contributed by atoms with Crippen LogP contribution in [0.2, 0.25) is 0 Å². The maximum Gasteiger partial charge on any atom is 0.240 e. The van der Waals surface area contributed by atoms with Crippen molar-refractivity contribution >= 4 is 10.0 Å². The molecule has 0 aliphatic carbocycles. The molecule has 0 spiro atoms. The molecule has 1 aromatic carbocycles. The fourth-order valence-electron chi connectivity index (χ4n) is 1.90. The van der Waals surface area contributed by atoms with Gasteiger partial charge in [-0.05, 0) is 25.0 Å². The zero-order chi connectivity index (χ0) is 13.9. The largest absolute Gasteiger partial charge is 0.494 e. The molecule has 0 bridgehead atoms. The van der Waals surface area contributed by atoms with Gasteiger partial charge < -0.3 is 9.47 Å². The summed E-state index contributed by atoms with van der Waals surface area (Å²) in [5, 5.41) is 0. The minimum Gasteiger partial charge on any atom is -0.494 e. The maximum atomic E-state index is 13.2. The van der Waals surface area contributed by atoms with Gasteiger partial charge in [-0.25, -0.2) is 17.5 Å². The van der Waals surface area contributed by atoms with Gasteiger partial charge in [-0.1, -0.05) is 0 Å². The summed E-state index contributed by atoms with van der Waals surface area (Å²) in [6, 6.07) is 3.43. The molecule has 0 unspecified atom stereocenters. The smallest absolute Gasteiger partial charge is 0.240 e. The van der Waals surface area contributed by atoms with Gasteiger partial charge in [0.15, 0.2) is 11.6 Å². The normalized spacial score (nSPS) is 19.6. The van der Waals surface area contributed by atoms with E-state index in [0.29, 0.717) is 6.61 Å². The highest BCUT2D eigenvalue weighted by Crippen LogP contribution is 2.21. The second-order valence-electron chi connectivity index (χ2n) is 4.28. The highest BCUT2D eigenvalue weighted by atomic mass is 32.2. The zero-order valence-corrected chi connectivity index (χ0v) is 11.4. The van der Waals surface area contributed by atoms with Crippen molar-refractivity contribution in [3.8, 4) is 5.75 Å². The SMILES string of the molecule is COc1cc(S(=O)(=O)NC[C@H]2CCCO2)ccc1F. The third kappa shape index (κ3) is 3.43. The number of halogens is 1. The van der Waals surface area contributed by atoms with Crippen LogP contribution in [0.5, 0.6) is 5.75 Å². The van der Waals surface area contributed by atoms with Crippen LogP contribution >= 0.6 is 0 Å². The summed E-state index contributed by atoms with van der Waals surface area (Å²) < 4.78 is 49.8. The fraction of sp³-hybridized carbons (Fsp3) is 0.500. The summed E-state index contributed by atoms with van der Waals surface area (Å²) in [6.45, 7) is 0.888. The van der Waals surface area contributed by atoms with Gasteiger partial charge in [0.2, 0.25) is 10.0 Å². The first kappa shape index (κ1) is 14.2. The molecule has 1 aliphatic heterocycles. The van der Waals surface area contributed by atoms with Gasteiger partial charge in [-0.2, -0.15) is 0 Å². The highest BCUT2D eigenvalue weighted by Gasteiger charge is 2.21. The van der Waals surface area contributed by atoms with Gasteiger partial charge in [-0.3, -0.25) is 0 Å². The van der Waals surface area contributed by atoms with E-state index >= 15 is 0 Å². The molecule has 0 aromatic heterocycles. The van der Waals surface area contributed by atoms with Crippen LogP contribution in [0.1, 0.15) is 12.8 Å². The van der Waals surface area contributed by atoms with Crippen LogP contribution in [0.3, 0.4) is 0 Å².